The summed E-state index contributed by atoms with van der Waals surface area (Å²) in [5, 5.41) is 2.98. The first-order valence-corrected chi connectivity index (χ1v) is 4.67. The molecule has 0 aromatic heterocycles. The number of guanidine groups is 1. The van der Waals surface area contributed by atoms with Crippen LogP contribution in [0.5, 0.6) is 11.5 Å². The van der Waals surface area contributed by atoms with E-state index in [4.69, 9.17) is 15.3 Å². The molecule has 0 aliphatic rings. The lowest BCUT2D eigenvalue weighted by atomic mass is 10.3. The second kappa shape index (κ2) is 5.82. The van der Waals surface area contributed by atoms with Crippen LogP contribution < -0.4 is 26.1 Å². The molecule has 1 aromatic carbocycles. The Balaban J connectivity index is 2.94. The van der Waals surface area contributed by atoms with Gasteiger partial charge in [0.15, 0.2) is 0 Å². The predicted molar refractivity (Wildman–Crippen MR) is 63.9 cm³/mol. The minimum absolute atomic E-state index is 0.454. The van der Waals surface area contributed by atoms with Gasteiger partial charge in [-0.3, -0.25) is 10.4 Å². The van der Waals surface area contributed by atoms with E-state index in [1.165, 1.54) is 0 Å². The van der Waals surface area contributed by atoms with E-state index >= 15 is 0 Å². The number of hydrogen-bond donors (Lipinski definition) is 3. The van der Waals surface area contributed by atoms with Crippen LogP contribution in [0.4, 0.5) is 5.69 Å². The molecule has 0 bridgehead atoms. The summed E-state index contributed by atoms with van der Waals surface area (Å²) in [5.41, 5.74) is 3.21. The number of benzene rings is 1. The maximum Gasteiger partial charge on any atom is 0.209 e. The SMILES string of the molecule is CN=C(NN)Nc1cc(OC)cc(OC)c1. The second-order valence-electron chi connectivity index (χ2n) is 2.94. The highest BCUT2D eigenvalue weighted by atomic mass is 16.5. The highest BCUT2D eigenvalue weighted by Gasteiger charge is 2.03. The van der Waals surface area contributed by atoms with Crippen LogP contribution in [0.25, 0.3) is 0 Å². The molecule has 0 atom stereocenters. The van der Waals surface area contributed by atoms with Crippen molar-refractivity contribution in [3.63, 3.8) is 0 Å². The van der Waals surface area contributed by atoms with Gasteiger partial charge in [-0.1, -0.05) is 0 Å². The molecule has 0 radical (unpaired) electrons. The van der Waals surface area contributed by atoms with Crippen LogP contribution >= 0.6 is 0 Å². The lowest BCUT2D eigenvalue weighted by Gasteiger charge is -2.11. The first kappa shape index (κ1) is 12.1. The van der Waals surface area contributed by atoms with Gasteiger partial charge in [-0.2, -0.15) is 0 Å². The van der Waals surface area contributed by atoms with E-state index in [-0.39, 0.29) is 0 Å². The van der Waals surface area contributed by atoms with Gasteiger partial charge in [0.25, 0.3) is 0 Å². The summed E-state index contributed by atoms with van der Waals surface area (Å²) in [6, 6.07) is 5.40. The number of anilines is 1. The molecule has 6 nitrogen and oxygen atoms in total. The number of ether oxygens (including phenoxy) is 2. The van der Waals surface area contributed by atoms with Crippen molar-refractivity contribution < 1.29 is 9.47 Å². The molecule has 6 heteroatoms. The Kier molecular flexibility index (Phi) is 4.41. The third kappa shape index (κ3) is 3.03. The molecule has 0 spiro atoms. The van der Waals surface area contributed by atoms with Gasteiger partial charge in [-0.25, -0.2) is 5.84 Å². The Bertz CT molecular complexity index is 357. The van der Waals surface area contributed by atoms with E-state index in [1.54, 1.807) is 27.3 Å². The zero-order valence-electron chi connectivity index (χ0n) is 9.57. The highest BCUT2D eigenvalue weighted by Crippen LogP contribution is 2.25. The van der Waals surface area contributed by atoms with Gasteiger partial charge in [-0.15, -0.1) is 0 Å². The Morgan fingerprint density at radius 3 is 2.12 bits per heavy atom. The Morgan fingerprint density at radius 1 is 1.19 bits per heavy atom. The third-order valence-corrected chi connectivity index (χ3v) is 1.97. The molecule has 0 amide bonds. The van der Waals surface area contributed by atoms with E-state index in [0.717, 1.165) is 5.69 Å². The van der Waals surface area contributed by atoms with E-state index in [2.05, 4.69) is 15.7 Å². The average molecular weight is 224 g/mol. The predicted octanol–water partition coefficient (Wildman–Crippen LogP) is 0.565. The van der Waals surface area contributed by atoms with Crippen molar-refractivity contribution in [1.29, 1.82) is 0 Å². The molecule has 16 heavy (non-hydrogen) atoms. The summed E-state index contributed by atoms with van der Waals surface area (Å²) in [6.07, 6.45) is 0. The number of hydrazine groups is 1. The fraction of sp³-hybridized carbons (Fsp3) is 0.300. The van der Waals surface area contributed by atoms with Gasteiger partial charge in [0.1, 0.15) is 11.5 Å². The first-order chi connectivity index (χ1) is 7.73. The number of aliphatic imine (C=N–C) groups is 1. The Labute approximate surface area is 94.4 Å². The maximum absolute atomic E-state index is 5.27. The van der Waals surface area contributed by atoms with Crippen LogP contribution in [0.3, 0.4) is 0 Å². The standard InChI is InChI=1S/C10H16N4O2/c1-12-10(14-11)13-7-4-8(15-2)6-9(5-7)16-3/h4-6H,11H2,1-3H3,(H2,12,13,14). The average Bonchev–Trinajstić information content (AvgIpc) is 2.35. The molecular weight excluding hydrogens is 208 g/mol. The van der Waals surface area contributed by atoms with E-state index in [0.29, 0.717) is 17.5 Å². The van der Waals surface area contributed by atoms with Gasteiger partial charge in [0, 0.05) is 30.9 Å². The quantitative estimate of drug-likeness (QED) is 0.302. The zero-order chi connectivity index (χ0) is 12.0. The molecule has 4 N–H and O–H groups in total. The molecule has 0 fully saturated rings. The van der Waals surface area contributed by atoms with Gasteiger partial charge in [0.2, 0.25) is 5.96 Å². The maximum atomic E-state index is 5.27. The smallest absolute Gasteiger partial charge is 0.209 e. The monoisotopic (exact) mass is 224 g/mol. The van der Waals surface area contributed by atoms with Crippen molar-refractivity contribution in [1.82, 2.24) is 5.43 Å². The molecule has 1 aromatic rings. The topological polar surface area (TPSA) is 80.9 Å². The van der Waals surface area contributed by atoms with E-state index < -0.39 is 0 Å². The van der Waals surface area contributed by atoms with Crippen LogP contribution in [0.2, 0.25) is 0 Å². The van der Waals surface area contributed by atoms with Gasteiger partial charge < -0.3 is 14.8 Å². The van der Waals surface area contributed by atoms with Crippen molar-refractivity contribution in [2.75, 3.05) is 26.6 Å². The fourth-order valence-corrected chi connectivity index (χ4v) is 1.17. The van der Waals surface area contributed by atoms with Gasteiger partial charge in [-0.05, 0) is 0 Å². The van der Waals surface area contributed by atoms with E-state index in [9.17, 15) is 0 Å². The number of methoxy groups -OCH3 is 2. The zero-order valence-corrected chi connectivity index (χ0v) is 9.57. The lowest BCUT2D eigenvalue weighted by molar-refractivity contribution is 0.395. The minimum atomic E-state index is 0.454. The highest BCUT2D eigenvalue weighted by molar-refractivity contribution is 5.93. The normalized spacial score (nSPS) is 10.9. The van der Waals surface area contributed by atoms with Crippen LogP contribution in [0.1, 0.15) is 0 Å². The van der Waals surface area contributed by atoms with Crippen LogP contribution in [-0.4, -0.2) is 27.2 Å². The molecule has 0 aliphatic heterocycles. The largest absolute Gasteiger partial charge is 0.497 e. The fourth-order valence-electron chi connectivity index (χ4n) is 1.17. The third-order valence-electron chi connectivity index (χ3n) is 1.97. The van der Waals surface area contributed by atoms with Crippen molar-refractivity contribution in [2.45, 2.75) is 0 Å². The molecule has 0 heterocycles. The summed E-state index contributed by atoms with van der Waals surface area (Å²) in [4.78, 5) is 3.90. The van der Waals surface area contributed by atoms with Crippen molar-refractivity contribution >= 4 is 11.6 Å². The summed E-state index contributed by atoms with van der Waals surface area (Å²) >= 11 is 0. The first-order valence-electron chi connectivity index (χ1n) is 4.67. The summed E-state index contributed by atoms with van der Waals surface area (Å²) in [7, 11) is 4.81. The van der Waals surface area contributed by atoms with Crippen LogP contribution in [0.15, 0.2) is 23.2 Å². The van der Waals surface area contributed by atoms with Gasteiger partial charge >= 0.3 is 0 Å². The molecule has 88 valence electrons. The molecule has 0 aliphatic carbocycles. The molecule has 0 unspecified atom stereocenters. The summed E-state index contributed by atoms with van der Waals surface area (Å²) in [5.74, 6) is 7.10. The number of nitrogens with zero attached hydrogens (tertiary/aromatic N) is 1. The lowest BCUT2D eigenvalue weighted by Crippen LogP contribution is -2.36. The number of nitrogens with one attached hydrogen (secondary N) is 2. The van der Waals surface area contributed by atoms with Crippen molar-refractivity contribution in [3.8, 4) is 11.5 Å². The van der Waals surface area contributed by atoms with Crippen LogP contribution in [0, 0.1) is 0 Å². The number of nitrogens with two attached hydrogens (primary N) is 1. The minimum Gasteiger partial charge on any atom is -0.497 e. The summed E-state index contributed by atoms with van der Waals surface area (Å²) in [6.45, 7) is 0. The Hall–Kier alpha value is -1.95. The summed E-state index contributed by atoms with van der Waals surface area (Å²) < 4.78 is 10.3. The van der Waals surface area contributed by atoms with E-state index in [1.807, 2.05) is 12.1 Å². The van der Waals surface area contributed by atoms with Crippen molar-refractivity contribution in [3.05, 3.63) is 18.2 Å². The molecule has 0 saturated carbocycles. The van der Waals surface area contributed by atoms with Crippen molar-refractivity contribution in [2.24, 2.45) is 10.8 Å². The second-order valence-corrected chi connectivity index (χ2v) is 2.94. The number of hydrogen-bond acceptors (Lipinski definition) is 4. The van der Waals surface area contributed by atoms with Gasteiger partial charge in [0.05, 0.1) is 14.2 Å². The molecule has 1 rings (SSSR count). The number of rotatable bonds is 3. The Morgan fingerprint density at radius 2 is 1.75 bits per heavy atom. The molecule has 0 saturated heterocycles. The van der Waals surface area contributed by atoms with Crippen LogP contribution in [-0.2, 0) is 0 Å². The molecular formula is C10H16N4O2.